The Balaban J connectivity index is 2.64. The summed E-state index contributed by atoms with van der Waals surface area (Å²) in [5.41, 5.74) is 0.757. The van der Waals surface area contributed by atoms with Crippen LogP contribution in [-0.2, 0) is 4.79 Å². The standard InChI is InChI=1S/C13H18ClNO2/c1-9(2)11(8-16)15-13(17)12(14)10-6-4-3-5-7-10/h3-7,9,11-12,16H,8H2,1-2H3,(H,15,17)/t11-,12?/m1/s1. The maximum atomic E-state index is 11.9. The molecule has 0 fully saturated rings. The molecule has 0 aliphatic heterocycles. The van der Waals surface area contributed by atoms with Crippen molar-refractivity contribution in [2.24, 2.45) is 5.92 Å². The Morgan fingerprint density at radius 3 is 2.41 bits per heavy atom. The van der Waals surface area contributed by atoms with E-state index in [-0.39, 0.29) is 24.5 Å². The van der Waals surface area contributed by atoms with Gasteiger partial charge in [0.2, 0.25) is 5.91 Å². The third-order valence-electron chi connectivity index (χ3n) is 2.65. The fourth-order valence-electron chi connectivity index (χ4n) is 1.45. The molecule has 0 saturated heterocycles. The quantitative estimate of drug-likeness (QED) is 0.792. The molecule has 1 aromatic carbocycles. The van der Waals surface area contributed by atoms with Crippen LogP contribution in [0, 0.1) is 5.92 Å². The zero-order valence-corrected chi connectivity index (χ0v) is 10.8. The number of alkyl halides is 1. The van der Waals surface area contributed by atoms with Gasteiger partial charge in [-0.25, -0.2) is 0 Å². The predicted molar refractivity (Wildman–Crippen MR) is 68.9 cm³/mol. The number of halogens is 1. The molecule has 2 N–H and O–H groups in total. The molecule has 0 saturated carbocycles. The first-order chi connectivity index (χ1) is 8.06. The van der Waals surface area contributed by atoms with Crippen molar-refractivity contribution < 1.29 is 9.90 Å². The number of hydrogen-bond acceptors (Lipinski definition) is 2. The van der Waals surface area contributed by atoms with E-state index in [1.165, 1.54) is 0 Å². The molecule has 0 aromatic heterocycles. The maximum absolute atomic E-state index is 11.9. The molecule has 0 heterocycles. The molecule has 1 rings (SSSR count). The Bertz CT molecular complexity index is 354. The summed E-state index contributed by atoms with van der Waals surface area (Å²) in [5.74, 6) is -0.103. The van der Waals surface area contributed by atoms with Crippen LogP contribution in [0.25, 0.3) is 0 Å². The second-order valence-corrected chi connectivity index (χ2v) is 4.75. The minimum absolute atomic E-state index is 0.0815. The average molecular weight is 256 g/mol. The van der Waals surface area contributed by atoms with Gasteiger partial charge in [0.25, 0.3) is 0 Å². The highest BCUT2D eigenvalue weighted by atomic mass is 35.5. The van der Waals surface area contributed by atoms with Gasteiger partial charge in [-0.1, -0.05) is 44.2 Å². The Morgan fingerprint density at radius 1 is 1.35 bits per heavy atom. The molecule has 0 spiro atoms. The predicted octanol–water partition coefficient (Wildman–Crippen LogP) is 2.10. The van der Waals surface area contributed by atoms with Gasteiger partial charge in [-0.3, -0.25) is 4.79 Å². The van der Waals surface area contributed by atoms with Gasteiger partial charge in [0.05, 0.1) is 12.6 Å². The summed E-state index contributed by atoms with van der Waals surface area (Å²) in [7, 11) is 0. The second kappa shape index (κ2) is 6.62. The zero-order chi connectivity index (χ0) is 12.8. The highest BCUT2D eigenvalue weighted by Crippen LogP contribution is 2.20. The fraction of sp³-hybridized carbons (Fsp3) is 0.462. The molecule has 0 aliphatic carbocycles. The highest BCUT2D eigenvalue weighted by molar-refractivity contribution is 6.30. The SMILES string of the molecule is CC(C)[C@@H](CO)NC(=O)C(Cl)c1ccccc1. The van der Waals surface area contributed by atoms with Crippen molar-refractivity contribution >= 4 is 17.5 Å². The van der Waals surface area contributed by atoms with Crippen LogP contribution in [0.4, 0.5) is 0 Å². The molecular weight excluding hydrogens is 238 g/mol. The van der Waals surface area contributed by atoms with E-state index in [0.29, 0.717) is 0 Å². The van der Waals surface area contributed by atoms with E-state index >= 15 is 0 Å². The largest absolute Gasteiger partial charge is 0.394 e. The lowest BCUT2D eigenvalue weighted by molar-refractivity contribution is -0.122. The first kappa shape index (κ1) is 14.0. The topological polar surface area (TPSA) is 49.3 Å². The number of aliphatic hydroxyl groups is 1. The number of benzene rings is 1. The van der Waals surface area contributed by atoms with Crippen LogP contribution in [0.2, 0.25) is 0 Å². The van der Waals surface area contributed by atoms with Gasteiger partial charge in [-0.2, -0.15) is 0 Å². The Morgan fingerprint density at radius 2 is 1.94 bits per heavy atom. The average Bonchev–Trinajstić information content (AvgIpc) is 2.35. The highest BCUT2D eigenvalue weighted by Gasteiger charge is 2.21. The van der Waals surface area contributed by atoms with Crippen LogP contribution >= 0.6 is 11.6 Å². The summed E-state index contributed by atoms with van der Waals surface area (Å²) in [6, 6.07) is 8.90. The van der Waals surface area contributed by atoms with Crippen molar-refractivity contribution in [3.8, 4) is 0 Å². The lowest BCUT2D eigenvalue weighted by Crippen LogP contribution is -2.42. The number of rotatable bonds is 5. The molecule has 1 unspecified atom stereocenters. The molecule has 17 heavy (non-hydrogen) atoms. The lowest BCUT2D eigenvalue weighted by atomic mass is 10.0. The van der Waals surface area contributed by atoms with E-state index in [2.05, 4.69) is 5.32 Å². The maximum Gasteiger partial charge on any atom is 0.242 e. The molecule has 2 atom stereocenters. The molecule has 0 aliphatic rings. The normalized spacial score (nSPS) is 14.4. The van der Waals surface area contributed by atoms with Gasteiger partial charge in [0.1, 0.15) is 5.38 Å². The summed E-state index contributed by atoms with van der Waals surface area (Å²) in [6.07, 6.45) is 0. The monoisotopic (exact) mass is 255 g/mol. The number of amides is 1. The van der Waals surface area contributed by atoms with Crippen LogP contribution in [-0.4, -0.2) is 23.7 Å². The number of carbonyl (C=O) groups excluding carboxylic acids is 1. The minimum Gasteiger partial charge on any atom is -0.394 e. The number of hydrogen-bond donors (Lipinski definition) is 2. The van der Waals surface area contributed by atoms with Crippen molar-refractivity contribution in [1.82, 2.24) is 5.32 Å². The lowest BCUT2D eigenvalue weighted by Gasteiger charge is -2.21. The first-order valence-electron chi connectivity index (χ1n) is 5.66. The van der Waals surface area contributed by atoms with Gasteiger partial charge < -0.3 is 10.4 Å². The Labute approximate surface area is 107 Å². The van der Waals surface area contributed by atoms with Crippen molar-refractivity contribution in [1.29, 1.82) is 0 Å². The van der Waals surface area contributed by atoms with Crippen LogP contribution < -0.4 is 5.32 Å². The summed E-state index contributed by atoms with van der Waals surface area (Å²) in [4.78, 5) is 11.9. The third kappa shape index (κ3) is 4.02. The molecule has 0 radical (unpaired) electrons. The molecule has 94 valence electrons. The fourth-order valence-corrected chi connectivity index (χ4v) is 1.66. The van der Waals surface area contributed by atoms with Gasteiger partial charge in [0.15, 0.2) is 0 Å². The number of nitrogens with one attached hydrogen (secondary N) is 1. The number of aliphatic hydroxyl groups excluding tert-OH is 1. The number of carbonyl (C=O) groups is 1. The van der Waals surface area contributed by atoms with E-state index < -0.39 is 5.38 Å². The zero-order valence-electron chi connectivity index (χ0n) is 10.1. The van der Waals surface area contributed by atoms with Crippen molar-refractivity contribution in [3.63, 3.8) is 0 Å². The van der Waals surface area contributed by atoms with Crippen molar-refractivity contribution in [3.05, 3.63) is 35.9 Å². The van der Waals surface area contributed by atoms with E-state index in [1.807, 2.05) is 32.0 Å². The van der Waals surface area contributed by atoms with E-state index in [9.17, 15) is 4.79 Å². The smallest absolute Gasteiger partial charge is 0.242 e. The van der Waals surface area contributed by atoms with E-state index in [0.717, 1.165) is 5.56 Å². The van der Waals surface area contributed by atoms with Crippen molar-refractivity contribution in [2.45, 2.75) is 25.3 Å². The second-order valence-electron chi connectivity index (χ2n) is 4.31. The van der Waals surface area contributed by atoms with E-state index in [1.54, 1.807) is 12.1 Å². The molecule has 1 amide bonds. The molecule has 4 heteroatoms. The molecule has 0 bridgehead atoms. The van der Waals surface area contributed by atoms with Gasteiger partial charge in [0, 0.05) is 0 Å². The first-order valence-corrected chi connectivity index (χ1v) is 6.10. The van der Waals surface area contributed by atoms with Crippen LogP contribution in [0.5, 0.6) is 0 Å². The van der Waals surface area contributed by atoms with Crippen LogP contribution in [0.15, 0.2) is 30.3 Å². The van der Waals surface area contributed by atoms with Gasteiger partial charge in [-0.15, -0.1) is 11.6 Å². The summed E-state index contributed by atoms with van der Waals surface area (Å²) in [5, 5.41) is 11.2. The third-order valence-corrected chi connectivity index (χ3v) is 3.10. The summed E-state index contributed by atoms with van der Waals surface area (Å²) in [6.45, 7) is 3.79. The van der Waals surface area contributed by atoms with Crippen LogP contribution in [0.1, 0.15) is 24.8 Å². The van der Waals surface area contributed by atoms with E-state index in [4.69, 9.17) is 16.7 Å². The molecular formula is C13H18ClNO2. The van der Waals surface area contributed by atoms with Gasteiger partial charge in [-0.05, 0) is 11.5 Å². The Kier molecular flexibility index (Phi) is 5.45. The molecule has 3 nitrogen and oxygen atoms in total. The van der Waals surface area contributed by atoms with Crippen LogP contribution in [0.3, 0.4) is 0 Å². The molecule has 1 aromatic rings. The Hall–Kier alpha value is -1.06. The summed E-state index contributed by atoms with van der Waals surface area (Å²) >= 11 is 6.07. The van der Waals surface area contributed by atoms with Crippen molar-refractivity contribution in [2.75, 3.05) is 6.61 Å². The minimum atomic E-state index is -0.719. The summed E-state index contributed by atoms with van der Waals surface area (Å²) < 4.78 is 0. The van der Waals surface area contributed by atoms with Gasteiger partial charge >= 0.3 is 0 Å².